The van der Waals surface area contributed by atoms with Gasteiger partial charge in [0, 0.05) is 38.2 Å². The van der Waals surface area contributed by atoms with Crippen LogP contribution in [0.2, 0.25) is 0 Å². The van der Waals surface area contributed by atoms with E-state index in [4.69, 9.17) is 4.74 Å². The summed E-state index contributed by atoms with van der Waals surface area (Å²) in [5.41, 5.74) is 4.27. The Labute approximate surface area is 273 Å². The summed E-state index contributed by atoms with van der Waals surface area (Å²) in [6, 6.07) is 21.2. The molecule has 10 nitrogen and oxygen atoms in total. The Morgan fingerprint density at radius 2 is 1.72 bits per heavy atom. The van der Waals surface area contributed by atoms with Crippen molar-refractivity contribution in [3.63, 3.8) is 0 Å². The summed E-state index contributed by atoms with van der Waals surface area (Å²) in [6.07, 6.45) is 5.09. The molecule has 11 heteroatoms. The van der Waals surface area contributed by atoms with Gasteiger partial charge in [0.05, 0.1) is 10.4 Å². The summed E-state index contributed by atoms with van der Waals surface area (Å²) >= 11 is 1.13. The van der Waals surface area contributed by atoms with Crippen molar-refractivity contribution in [1.82, 2.24) is 20.5 Å². The van der Waals surface area contributed by atoms with Gasteiger partial charge >= 0.3 is 11.0 Å². The molecule has 0 saturated carbocycles. The Balaban J connectivity index is 0.883. The Morgan fingerprint density at radius 1 is 0.935 bits per heavy atom. The van der Waals surface area contributed by atoms with Crippen LogP contribution >= 0.6 is 11.3 Å². The van der Waals surface area contributed by atoms with Crippen LogP contribution in [0, 0.1) is 0 Å². The number of benzene rings is 3. The number of aromatic hydroxyl groups is 1. The number of anilines is 1. The zero-order valence-electron chi connectivity index (χ0n) is 26.1. The van der Waals surface area contributed by atoms with Gasteiger partial charge in [-0.2, -0.15) is 0 Å². The van der Waals surface area contributed by atoms with Crippen LogP contribution < -0.4 is 20.8 Å². The number of ether oxygens (including phenoxy) is 1. The first-order chi connectivity index (χ1) is 22.5. The predicted octanol–water partition coefficient (Wildman–Crippen LogP) is 5.48. The van der Waals surface area contributed by atoms with Gasteiger partial charge in [-0.3, -0.25) is 14.9 Å². The number of para-hydroxylation sites is 1. The van der Waals surface area contributed by atoms with Crippen LogP contribution in [0.3, 0.4) is 0 Å². The smallest absolute Gasteiger partial charge is 0.411 e. The summed E-state index contributed by atoms with van der Waals surface area (Å²) in [7, 11) is 0. The van der Waals surface area contributed by atoms with Gasteiger partial charge in [-0.05, 0) is 68.5 Å². The Bertz CT molecular complexity index is 1630. The number of H-pyrrole nitrogens is 1. The van der Waals surface area contributed by atoms with Gasteiger partial charge < -0.3 is 30.4 Å². The number of likely N-dealkylation sites (tertiary alicyclic amines) is 1. The second-order valence-corrected chi connectivity index (χ2v) is 12.6. The lowest BCUT2D eigenvalue weighted by Crippen LogP contribution is -2.42. The molecule has 1 saturated heterocycles. The lowest BCUT2D eigenvalue weighted by atomic mass is 10.0. The van der Waals surface area contributed by atoms with Crippen LogP contribution in [0.1, 0.15) is 44.1 Å². The van der Waals surface area contributed by atoms with E-state index >= 15 is 0 Å². The molecular formula is C35H43N5O5S. The number of aromatic amines is 1. The van der Waals surface area contributed by atoms with E-state index in [2.05, 4.69) is 25.8 Å². The topological polar surface area (TPSA) is 136 Å². The highest BCUT2D eigenvalue weighted by Gasteiger charge is 2.22. The number of piperidine rings is 1. The van der Waals surface area contributed by atoms with Gasteiger partial charge in [-0.25, -0.2) is 4.79 Å². The molecule has 1 fully saturated rings. The van der Waals surface area contributed by atoms with Crippen LogP contribution in [0.4, 0.5) is 10.5 Å². The number of amides is 2. The van der Waals surface area contributed by atoms with Crippen molar-refractivity contribution < 1.29 is 19.4 Å². The molecular weight excluding hydrogens is 602 g/mol. The second-order valence-electron chi connectivity index (χ2n) is 11.6. The maximum absolute atomic E-state index is 12.7. The lowest BCUT2D eigenvalue weighted by Gasteiger charge is -2.31. The van der Waals surface area contributed by atoms with Crippen LogP contribution in [0.5, 0.6) is 5.75 Å². The summed E-state index contributed by atoms with van der Waals surface area (Å²) in [6.45, 7) is 4.70. The molecule has 2 heterocycles. The first kappa shape index (κ1) is 33.2. The fourth-order valence-corrected chi connectivity index (χ4v) is 6.67. The maximum Gasteiger partial charge on any atom is 0.411 e. The van der Waals surface area contributed by atoms with Crippen molar-refractivity contribution in [3.05, 3.63) is 82.0 Å². The fourth-order valence-electron chi connectivity index (χ4n) is 5.78. The number of unbranched alkanes of at least 4 members (excludes halogenated alkanes) is 2. The minimum atomic E-state index is -0.433. The number of nitrogens with one attached hydrogen (secondary N) is 4. The second kappa shape index (κ2) is 16.9. The molecule has 5 rings (SSSR count). The molecule has 1 aliphatic rings. The summed E-state index contributed by atoms with van der Waals surface area (Å²) in [5, 5.41) is 19.3. The fraction of sp³-hybridized carbons (Fsp3) is 0.400. The third-order valence-corrected chi connectivity index (χ3v) is 9.23. The number of carbonyl (C=O) groups is 2. The number of fused-ring (bicyclic) bond motifs is 1. The van der Waals surface area contributed by atoms with E-state index in [1.165, 1.54) is 0 Å². The molecule has 3 aromatic carbocycles. The van der Waals surface area contributed by atoms with E-state index in [9.17, 15) is 19.5 Å². The van der Waals surface area contributed by atoms with Crippen molar-refractivity contribution in [2.24, 2.45) is 0 Å². The van der Waals surface area contributed by atoms with Crippen molar-refractivity contribution in [1.29, 1.82) is 0 Å². The molecule has 0 spiro atoms. The summed E-state index contributed by atoms with van der Waals surface area (Å²) < 4.78 is 6.55. The van der Waals surface area contributed by atoms with Crippen LogP contribution in [0.25, 0.3) is 21.3 Å². The van der Waals surface area contributed by atoms with Crippen LogP contribution in [0.15, 0.2) is 71.5 Å². The average molecular weight is 646 g/mol. The highest BCUT2D eigenvalue weighted by molar-refractivity contribution is 7.16. The highest BCUT2D eigenvalue weighted by atomic mass is 32.1. The van der Waals surface area contributed by atoms with E-state index in [0.29, 0.717) is 18.5 Å². The minimum Gasteiger partial charge on any atom is -0.506 e. The molecule has 0 radical (unpaired) electrons. The van der Waals surface area contributed by atoms with Gasteiger partial charge in [-0.15, -0.1) is 0 Å². The third-order valence-electron chi connectivity index (χ3n) is 8.27. The van der Waals surface area contributed by atoms with Gasteiger partial charge in [-0.1, -0.05) is 72.4 Å². The van der Waals surface area contributed by atoms with E-state index in [1.54, 1.807) is 6.07 Å². The third kappa shape index (κ3) is 9.65. The molecule has 2 amide bonds. The number of thiazole rings is 1. The molecule has 0 bridgehead atoms. The molecule has 1 aliphatic heterocycles. The molecule has 0 aliphatic carbocycles. The van der Waals surface area contributed by atoms with Crippen molar-refractivity contribution in [2.45, 2.75) is 51.0 Å². The number of nitrogens with zero attached hydrogens (tertiary/aromatic N) is 1. The number of hydrogen-bond acceptors (Lipinski definition) is 8. The lowest BCUT2D eigenvalue weighted by molar-refractivity contribution is -0.121. The zero-order valence-corrected chi connectivity index (χ0v) is 26.9. The number of hydrogen-bond donors (Lipinski definition) is 5. The quantitative estimate of drug-likeness (QED) is 0.108. The normalized spacial score (nSPS) is 13.9. The molecule has 244 valence electrons. The molecule has 46 heavy (non-hydrogen) atoms. The Hall–Kier alpha value is -4.19. The van der Waals surface area contributed by atoms with Crippen LogP contribution in [-0.2, 0) is 16.0 Å². The van der Waals surface area contributed by atoms with Crippen molar-refractivity contribution in [2.75, 3.05) is 44.6 Å². The Kier molecular flexibility index (Phi) is 12.2. The van der Waals surface area contributed by atoms with Crippen molar-refractivity contribution in [3.8, 4) is 16.9 Å². The number of aromatic nitrogens is 1. The SMILES string of the molecule is O=C(CCCCCNCCc1ccc(O)c2[nH]c(=O)sc12)NCCN1CCC(OC(=O)Nc2ccccc2-c2ccccc2)CC1. The average Bonchev–Trinajstić information content (AvgIpc) is 3.47. The predicted molar refractivity (Wildman–Crippen MR) is 184 cm³/mol. The largest absolute Gasteiger partial charge is 0.506 e. The molecule has 0 unspecified atom stereocenters. The molecule has 1 aromatic heterocycles. The summed E-state index contributed by atoms with van der Waals surface area (Å²) in [4.78, 5) is 41.4. The monoisotopic (exact) mass is 645 g/mol. The van der Waals surface area contributed by atoms with Gasteiger partial charge in [0.2, 0.25) is 5.91 Å². The van der Waals surface area contributed by atoms with Crippen molar-refractivity contribution >= 4 is 39.2 Å². The van der Waals surface area contributed by atoms with Gasteiger partial charge in [0.25, 0.3) is 0 Å². The molecule has 4 aromatic rings. The molecule has 5 N–H and O–H groups in total. The Morgan fingerprint density at radius 3 is 2.54 bits per heavy atom. The van der Waals surface area contributed by atoms with E-state index < -0.39 is 6.09 Å². The van der Waals surface area contributed by atoms with E-state index in [1.807, 2.05) is 60.7 Å². The maximum atomic E-state index is 12.7. The van der Waals surface area contributed by atoms with E-state index in [-0.39, 0.29) is 22.6 Å². The molecule has 0 atom stereocenters. The number of carbonyl (C=O) groups excluding carboxylic acids is 2. The number of rotatable bonds is 15. The zero-order chi connectivity index (χ0) is 32.1. The van der Waals surface area contributed by atoms with E-state index in [0.717, 1.165) is 110 Å². The summed E-state index contributed by atoms with van der Waals surface area (Å²) in [5.74, 6) is 0.185. The number of phenolic OH excluding ortho intramolecular Hbond substituents is 1. The first-order valence-electron chi connectivity index (χ1n) is 16.1. The standard InChI is InChI=1S/C35H43N5O5S/c41-30-15-14-26(33-32(30)39-35(44)46-33)16-20-36-19-8-2-5-13-31(42)37-21-24-40-22-17-27(18-23-40)45-34(43)38-29-12-7-6-11-28(29)25-9-3-1-4-10-25/h1,3-4,6-7,9-12,14-15,27,36,41H,2,5,8,13,16-24H2,(H,37,42)(H,38,43)(H,39,44). The highest BCUT2D eigenvalue weighted by Crippen LogP contribution is 2.29. The van der Waals surface area contributed by atoms with Gasteiger partial charge in [0.15, 0.2) is 0 Å². The minimum absolute atomic E-state index is 0.0838. The number of phenols is 1. The first-order valence-corrected chi connectivity index (χ1v) is 16.9. The van der Waals surface area contributed by atoms with Gasteiger partial charge in [0.1, 0.15) is 17.4 Å². The van der Waals surface area contributed by atoms with Crippen LogP contribution in [-0.4, -0.2) is 72.4 Å².